The van der Waals surface area contributed by atoms with Gasteiger partial charge in [0.1, 0.15) is 16.5 Å². The first kappa shape index (κ1) is 21.7. The van der Waals surface area contributed by atoms with Crippen molar-refractivity contribution < 1.29 is 17.6 Å². The first-order chi connectivity index (χ1) is 14.9. The van der Waals surface area contributed by atoms with Gasteiger partial charge < -0.3 is 4.90 Å². The third-order valence-corrected chi connectivity index (χ3v) is 8.13. The summed E-state index contributed by atoms with van der Waals surface area (Å²) in [6.07, 6.45) is 0.488. The Morgan fingerprint density at radius 2 is 1.84 bits per heavy atom. The van der Waals surface area contributed by atoms with Crippen LogP contribution in [0.2, 0.25) is 0 Å². The number of hydrogen-bond acceptors (Lipinski definition) is 6. The molecule has 1 aliphatic heterocycles. The summed E-state index contributed by atoms with van der Waals surface area (Å²) in [5.74, 6) is -0.105. The SMILES string of the molecule is CCN(C(=O)CSc1nnc(-c2ccc(F)cc2)c2ccccc12)[C@H]1CCS(=O)(=O)C1. The van der Waals surface area contributed by atoms with Crippen molar-refractivity contribution in [2.24, 2.45) is 0 Å². The van der Waals surface area contributed by atoms with Gasteiger partial charge in [0.15, 0.2) is 9.84 Å². The van der Waals surface area contributed by atoms with Gasteiger partial charge in [-0.2, -0.15) is 0 Å². The van der Waals surface area contributed by atoms with Crippen molar-refractivity contribution >= 4 is 38.3 Å². The molecule has 4 rings (SSSR count). The number of benzene rings is 2. The largest absolute Gasteiger partial charge is 0.338 e. The standard InChI is InChI=1S/C22H22FN3O3S2/c1-2-26(17-11-12-31(28,29)14-17)20(27)13-30-22-19-6-4-3-5-18(19)21(24-25-22)15-7-9-16(23)10-8-15/h3-10,17H,2,11-14H2,1H3/t17-/m0/s1. The molecule has 162 valence electrons. The van der Waals surface area contributed by atoms with Gasteiger partial charge in [-0.05, 0) is 37.6 Å². The molecule has 0 saturated carbocycles. The van der Waals surface area contributed by atoms with Gasteiger partial charge in [-0.3, -0.25) is 4.79 Å². The van der Waals surface area contributed by atoms with Crippen LogP contribution in [0.3, 0.4) is 0 Å². The normalized spacial score (nSPS) is 17.7. The van der Waals surface area contributed by atoms with Crippen molar-refractivity contribution in [2.75, 3.05) is 23.8 Å². The Morgan fingerprint density at radius 1 is 1.13 bits per heavy atom. The third-order valence-electron chi connectivity index (χ3n) is 5.41. The minimum Gasteiger partial charge on any atom is -0.338 e. The minimum atomic E-state index is -3.06. The lowest BCUT2D eigenvalue weighted by Gasteiger charge is -2.26. The highest BCUT2D eigenvalue weighted by Crippen LogP contribution is 2.32. The molecule has 0 bridgehead atoms. The molecular formula is C22H22FN3O3S2. The number of aromatic nitrogens is 2. The smallest absolute Gasteiger partial charge is 0.233 e. The number of thioether (sulfide) groups is 1. The number of carbonyl (C=O) groups is 1. The number of halogens is 1. The fraction of sp³-hybridized carbons (Fsp3) is 0.318. The van der Waals surface area contributed by atoms with E-state index in [-0.39, 0.29) is 35.0 Å². The fourth-order valence-corrected chi connectivity index (χ4v) is 6.47. The molecule has 1 aliphatic rings. The zero-order valence-electron chi connectivity index (χ0n) is 17.0. The molecule has 0 aliphatic carbocycles. The van der Waals surface area contributed by atoms with Crippen molar-refractivity contribution in [1.29, 1.82) is 0 Å². The number of nitrogens with zero attached hydrogens (tertiary/aromatic N) is 3. The molecule has 1 aromatic heterocycles. The Bertz CT molecular complexity index is 1220. The average Bonchev–Trinajstić information content (AvgIpc) is 3.12. The van der Waals surface area contributed by atoms with Gasteiger partial charge in [0.05, 0.1) is 17.3 Å². The number of hydrogen-bond donors (Lipinski definition) is 0. The molecule has 31 heavy (non-hydrogen) atoms. The van der Waals surface area contributed by atoms with E-state index in [0.29, 0.717) is 23.7 Å². The molecule has 6 nitrogen and oxygen atoms in total. The molecule has 1 amide bonds. The summed E-state index contributed by atoms with van der Waals surface area (Å²) >= 11 is 1.29. The second kappa shape index (κ2) is 8.92. The third kappa shape index (κ3) is 4.72. The molecule has 9 heteroatoms. The fourth-order valence-electron chi connectivity index (χ4n) is 3.88. The summed E-state index contributed by atoms with van der Waals surface area (Å²) < 4.78 is 36.9. The minimum absolute atomic E-state index is 0.0341. The van der Waals surface area contributed by atoms with E-state index in [9.17, 15) is 17.6 Å². The topological polar surface area (TPSA) is 80.2 Å². The Morgan fingerprint density at radius 3 is 2.48 bits per heavy atom. The maximum Gasteiger partial charge on any atom is 0.233 e. The molecular weight excluding hydrogens is 437 g/mol. The van der Waals surface area contributed by atoms with E-state index < -0.39 is 9.84 Å². The molecule has 2 aromatic carbocycles. The van der Waals surface area contributed by atoms with Crippen molar-refractivity contribution in [3.63, 3.8) is 0 Å². The molecule has 2 heterocycles. The number of rotatable bonds is 6. The summed E-state index contributed by atoms with van der Waals surface area (Å²) in [6.45, 7) is 2.33. The zero-order valence-corrected chi connectivity index (χ0v) is 18.6. The van der Waals surface area contributed by atoms with Crippen LogP contribution in [0.25, 0.3) is 22.0 Å². The van der Waals surface area contributed by atoms with Gasteiger partial charge in [-0.1, -0.05) is 36.0 Å². The van der Waals surface area contributed by atoms with Crippen LogP contribution in [0.1, 0.15) is 13.3 Å². The van der Waals surface area contributed by atoms with E-state index in [1.165, 1.54) is 23.9 Å². The molecule has 0 spiro atoms. The van der Waals surface area contributed by atoms with Crippen LogP contribution in [0.4, 0.5) is 4.39 Å². The summed E-state index contributed by atoms with van der Waals surface area (Å²) in [4.78, 5) is 14.5. The highest BCUT2D eigenvalue weighted by Gasteiger charge is 2.33. The van der Waals surface area contributed by atoms with Crippen LogP contribution in [-0.4, -0.2) is 59.3 Å². The van der Waals surface area contributed by atoms with Crippen molar-refractivity contribution in [2.45, 2.75) is 24.4 Å². The molecule has 0 unspecified atom stereocenters. The molecule has 1 fully saturated rings. The van der Waals surface area contributed by atoms with Crippen molar-refractivity contribution in [3.05, 3.63) is 54.3 Å². The highest BCUT2D eigenvalue weighted by atomic mass is 32.2. The van der Waals surface area contributed by atoms with Crippen LogP contribution in [0.15, 0.2) is 53.6 Å². The highest BCUT2D eigenvalue weighted by molar-refractivity contribution is 8.00. The Labute approximate surface area is 184 Å². The monoisotopic (exact) mass is 459 g/mol. The van der Waals surface area contributed by atoms with E-state index >= 15 is 0 Å². The lowest BCUT2D eigenvalue weighted by atomic mass is 10.1. The summed E-state index contributed by atoms with van der Waals surface area (Å²) in [5.41, 5.74) is 1.41. The zero-order chi connectivity index (χ0) is 22.0. The maximum atomic E-state index is 13.3. The number of fused-ring (bicyclic) bond motifs is 1. The van der Waals surface area contributed by atoms with Gasteiger partial charge in [0, 0.05) is 28.9 Å². The van der Waals surface area contributed by atoms with Crippen LogP contribution in [0.5, 0.6) is 0 Å². The van der Waals surface area contributed by atoms with Crippen LogP contribution >= 0.6 is 11.8 Å². The summed E-state index contributed by atoms with van der Waals surface area (Å²) in [6, 6.07) is 13.5. The lowest BCUT2D eigenvalue weighted by molar-refractivity contribution is -0.129. The summed E-state index contributed by atoms with van der Waals surface area (Å²) in [7, 11) is -3.06. The first-order valence-corrected chi connectivity index (χ1v) is 12.8. The van der Waals surface area contributed by atoms with Crippen molar-refractivity contribution in [1.82, 2.24) is 15.1 Å². The van der Waals surface area contributed by atoms with Gasteiger partial charge in [0.2, 0.25) is 5.91 Å². The van der Waals surface area contributed by atoms with E-state index in [2.05, 4.69) is 10.2 Å². The second-order valence-electron chi connectivity index (χ2n) is 7.43. The second-order valence-corrected chi connectivity index (χ2v) is 10.6. The Kier molecular flexibility index (Phi) is 6.24. The van der Waals surface area contributed by atoms with Crippen LogP contribution < -0.4 is 0 Å². The number of carbonyl (C=O) groups excluding carboxylic acids is 1. The Balaban J connectivity index is 1.56. The molecule has 0 N–H and O–H groups in total. The van der Waals surface area contributed by atoms with E-state index in [4.69, 9.17) is 0 Å². The van der Waals surface area contributed by atoms with E-state index in [0.717, 1.165) is 16.3 Å². The average molecular weight is 460 g/mol. The lowest BCUT2D eigenvalue weighted by Crippen LogP contribution is -2.41. The number of sulfone groups is 1. The predicted octanol–water partition coefficient (Wildman–Crippen LogP) is 3.56. The van der Waals surface area contributed by atoms with E-state index in [1.54, 1.807) is 17.0 Å². The molecule has 3 aromatic rings. The predicted molar refractivity (Wildman–Crippen MR) is 120 cm³/mol. The van der Waals surface area contributed by atoms with Crippen LogP contribution in [0, 0.1) is 5.82 Å². The van der Waals surface area contributed by atoms with Crippen LogP contribution in [-0.2, 0) is 14.6 Å². The number of amides is 1. The first-order valence-electron chi connectivity index (χ1n) is 10.0. The quantitative estimate of drug-likeness (QED) is 0.525. The van der Waals surface area contributed by atoms with Gasteiger partial charge in [-0.15, -0.1) is 10.2 Å². The Hall–Kier alpha value is -2.52. The molecule has 1 saturated heterocycles. The van der Waals surface area contributed by atoms with E-state index in [1.807, 2.05) is 31.2 Å². The van der Waals surface area contributed by atoms with Gasteiger partial charge >= 0.3 is 0 Å². The van der Waals surface area contributed by atoms with Crippen molar-refractivity contribution in [3.8, 4) is 11.3 Å². The summed E-state index contributed by atoms with van der Waals surface area (Å²) in [5, 5.41) is 11.0. The molecule has 0 radical (unpaired) electrons. The van der Waals surface area contributed by atoms with Gasteiger partial charge in [-0.25, -0.2) is 12.8 Å². The molecule has 1 atom stereocenters. The van der Waals surface area contributed by atoms with Gasteiger partial charge in [0.25, 0.3) is 0 Å². The maximum absolute atomic E-state index is 13.3.